The van der Waals surface area contributed by atoms with Crippen molar-refractivity contribution >= 4 is 56.4 Å². The van der Waals surface area contributed by atoms with E-state index in [9.17, 15) is 18.0 Å². The number of carbonyl (C=O) groups excluding carboxylic acids is 2. The van der Waals surface area contributed by atoms with Gasteiger partial charge in [-0.15, -0.1) is 0 Å². The van der Waals surface area contributed by atoms with Crippen LogP contribution in [0.1, 0.15) is 25.3 Å². The van der Waals surface area contributed by atoms with Crippen LogP contribution >= 0.6 is 23.2 Å². The Balaban J connectivity index is 1.81. The minimum Gasteiger partial charge on any atom is -0.326 e. The third-order valence-electron chi connectivity index (χ3n) is 4.61. The van der Waals surface area contributed by atoms with E-state index < -0.39 is 15.9 Å². The minimum absolute atomic E-state index is 0.0828. The quantitative estimate of drug-likeness (QED) is 0.642. The van der Waals surface area contributed by atoms with Gasteiger partial charge in [-0.2, -0.15) is 4.31 Å². The first-order valence-electron chi connectivity index (χ1n) is 9.38. The Morgan fingerprint density at radius 2 is 1.93 bits per heavy atom. The second-order valence-corrected chi connectivity index (χ2v) is 9.66. The SMILES string of the molecule is CCCN(CC(=O)Nc1cc(Cl)ccc1Cl)S(=O)(=O)c1ccc2c(c1)CCC(=O)N2. The highest BCUT2D eigenvalue weighted by atomic mass is 35.5. The summed E-state index contributed by atoms with van der Waals surface area (Å²) in [4.78, 5) is 24.1. The van der Waals surface area contributed by atoms with Crippen molar-refractivity contribution in [2.75, 3.05) is 23.7 Å². The molecular formula is C20H21Cl2N3O4S. The maximum Gasteiger partial charge on any atom is 0.243 e. The van der Waals surface area contributed by atoms with E-state index in [4.69, 9.17) is 23.2 Å². The van der Waals surface area contributed by atoms with Crippen LogP contribution in [0.4, 0.5) is 11.4 Å². The second-order valence-electron chi connectivity index (χ2n) is 6.88. The standard InChI is InChI=1S/C20H21Cl2N3O4S/c1-2-9-25(12-20(27)24-18-11-14(21)4-6-16(18)22)30(28,29)15-5-7-17-13(10-15)3-8-19(26)23-17/h4-7,10-11H,2-3,8-9,12H2,1H3,(H,23,26)(H,24,27). The number of hydrogen-bond donors (Lipinski definition) is 2. The van der Waals surface area contributed by atoms with E-state index in [2.05, 4.69) is 10.6 Å². The molecule has 0 spiro atoms. The van der Waals surface area contributed by atoms with E-state index in [0.717, 1.165) is 9.87 Å². The van der Waals surface area contributed by atoms with Crippen LogP contribution < -0.4 is 10.6 Å². The zero-order chi connectivity index (χ0) is 21.9. The largest absolute Gasteiger partial charge is 0.326 e. The summed E-state index contributed by atoms with van der Waals surface area (Å²) in [7, 11) is -3.92. The number of nitrogens with zero attached hydrogens (tertiary/aromatic N) is 1. The van der Waals surface area contributed by atoms with Crippen molar-refractivity contribution < 1.29 is 18.0 Å². The molecule has 2 amide bonds. The van der Waals surface area contributed by atoms with Gasteiger partial charge in [-0.05, 0) is 54.8 Å². The monoisotopic (exact) mass is 469 g/mol. The Labute approximate surface area is 185 Å². The Morgan fingerprint density at radius 1 is 1.17 bits per heavy atom. The fourth-order valence-corrected chi connectivity index (χ4v) is 5.02. The molecule has 2 aromatic rings. The third kappa shape index (κ3) is 5.13. The molecule has 0 saturated carbocycles. The number of rotatable bonds is 7. The van der Waals surface area contributed by atoms with Crippen LogP contribution in [0.25, 0.3) is 0 Å². The van der Waals surface area contributed by atoms with E-state index >= 15 is 0 Å². The molecule has 0 unspecified atom stereocenters. The summed E-state index contributed by atoms with van der Waals surface area (Å²) in [6.45, 7) is 1.64. The molecule has 0 atom stereocenters. The van der Waals surface area contributed by atoms with E-state index in [1.165, 1.54) is 12.1 Å². The predicted molar refractivity (Wildman–Crippen MR) is 118 cm³/mol. The van der Waals surface area contributed by atoms with Gasteiger partial charge in [0.25, 0.3) is 0 Å². The first kappa shape index (κ1) is 22.6. The lowest BCUT2D eigenvalue weighted by Gasteiger charge is -2.23. The zero-order valence-corrected chi connectivity index (χ0v) is 18.6. The summed E-state index contributed by atoms with van der Waals surface area (Å²) < 4.78 is 27.5. The van der Waals surface area contributed by atoms with E-state index in [1.54, 1.807) is 24.3 Å². The molecule has 0 bridgehead atoms. The predicted octanol–water partition coefficient (Wildman–Crippen LogP) is 3.92. The molecule has 160 valence electrons. The molecule has 0 aromatic heterocycles. The van der Waals surface area contributed by atoms with Gasteiger partial charge in [-0.3, -0.25) is 9.59 Å². The van der Waals surface area contributed by atoms with Crippen LogP contribution in [0.3, 0.4) is 0 Å². The molecule has 0 saturated heterocycles. The van der Waals surface area contributed by atoms with E-state index in [1.807, 2.05) is 6.92 Å². The van der Waals surface area contributed by atoms with Gasteiger partial charge in [0.05, 0.1) is 22.2 Å². The summed E-state index contributed by atoms with van der Waals surface area (Å²) in [5.41, 5.74) is 1.68. The number of sulfonamides is 1. The zero-order valence-electron chi connectivity index (χ0n) is 16.2. The van der Waals surface area contributed by atoms with Crippen molar-refractivity contribution in [3.05, 3.63) is 52.0 Å². The van der Waals surface area contributed by atoms with Crippen LogP contribution in [-0.4, -0.2) is 37.6 Å². The van der Waals surface area contributed by atoms with Gasteiger partial charge in [0.1, 0.15) is 0 Å². The third-order valence-corrected chi connectivity index (χ3v) is 7.01. The number of anilines is 2. The minimum atomic E-state index is -3.92. The molecule has 1 aliphatic heterocycles. The van der Waals surface area contributed by atoms with Gasteiger partial charge in [0, 0.05) is 23.7 Å². The average Bonchev–Trinajstić information content (AvgIpc) is 2.70. The normalized spacial score (nSPS) is 13.7. The molecule has 1 aliphatic rings. The highest BCUT2D eigenvalue weighted by molar-refractivity contribution is 7.89. The molecule has 0 radical (unpaired) electrons. The lowest BCUT2D eigenvalue weighted by Crippen LogP contribution is -2.38. The number of benzene rings is 2. The van der Waals surface area contributed by atoms with Crippen LogP contribution in [0.2, 0.25) is 10.0 Å². The van der Waals surface area contributed by atoms with Crippen molar-refractivity contribution in [3.8, 4) is 0 Å². The molecule has 30 heavy (non-hydrogen) atoms. The topological polar surface area (TPSA) is 95.6 Å². The van der Waals surface area contributed by atoms with Gasteiger partial charge in [-0.1, -0.05) is 30.1 Å². The average molecular weight is 470 g/mol. The van der Waals surface area contributed by atoms with Crippen LogP contribution in [0.15, 0.2) is 41.3 Å². The number of halogens is 2. The smallest absolute Gasteiger partial charge is 0.243 e. The van der Waals surface area contributed by atoms with Crippen LogP contribution in [0.5, 0.6) is 0 Å². The Bertz CT molecular complexity index is 1090. The highest BCUT2D eigenvalue weighted by Gasteiger charge is 2.28. The lowest BCUT2D eigenvalue weighted by atomic mass is 10.0. The molecule has 3 rings (SSSR count). The van der Waals surface area contributed by atoms with Gasteiger partial charge in [-0.25, -0.2) is 8.42 Å². The van der Waals surface area contributed by atoms with Crippen molar-refractivity contribution in [2.45, 2.75) is 31.1 Å². The number of carbonyl (C=O) groups is 2. The summed E-state index contributed by atoms with van der Waals surface area (Å²) in [6, 6.07) is 9.21. The first-order chi connectivity index (χ1) is 14.2. The molecule has 1 heterocycles. The van der Waals surface area contributed by atoms with Crippen molar-refractivity contribution in [1.82, 2.24) is 4.31 Å². The first-order valence-corrected chi connectivity index (χ1v) is 11.6. The summed E-state index contributed by atoms with van der Waals surface area (Å²) in [6.07, 6.45) is 1.30. The summed E-state index contributed by atoms with van der Waals surface area (Å²) >= 11 is 12.0. The van der Waals surface area contributed by atoms with Gasteiger partial charge >= 0.3 is 0 Å². The summed E-state index contributed by atoms with van der Waals surface area (Å²) in [5.74, 6) is -0.622. The van der Waals surface area contributed by atoms with E-state index in [0.29, 0.717) is 40.7 Å². The molecule has 7 nitrogen and oxygen atoms in total. The number of fused-ring (bicyclic) bond motifs is 1. The van der Waals surface area contributed by atoms with Crippen LogP contribution in [-0.2, 0) is 26.0 Å². The van der Waals surface area contributed by atoms with Crippen LogP contribution in [0, 0.1) is 0 Å². The fourth-order valence-electron chi connectivity index (χ4n) is 3.15. The van der Waals surface area contributed by atoms with Crippen molar-refractivity contribution in [1.29, 1.82) is 0 Å². The fraction of sp³-hybridized carbons (Fsp3) is 0.300. The lowest BCUT2D eigenvalue weighted by molar-refractivity contribution is -0.117. The number of amides is 2. The van der Waals surface area contributed by atoms with Gasteiger partial charge < -0.3 is 10.6 Å². The molecule has 10 heteroatoms. The number of hydrogen-bond acceptors (Lipinski definition) is 4. The van der Waals surface area contributed by atoms with E-state index in [-0.39, 0.29) is 23.9 Å². The molecule has 0 aliphatic carbocycles. The second kappa shape index (κ2) is 9.34. The molecule has 2 N–H and O–H groups in total. The van der Waals surface area contributed by atoms with Gasteiger partial charge in [0.15, 0.2) is 0 Å². The Morgan fingerprint density at radius 3 is 2.67 bits per heavy atom. The number of aryl methyl sites for hydroxylation is 1. The van der Waals surface area contributed by atoms with Crippen molar-refractivity contribution in [2.24, 2.45) is 0 Å². The molecular weight excluding hydrogens is 449 g/mol. The maximum atomic E-state index is 13.2. The summed E-state index contributed by atoms with van der Waals surface area (Å²) in [5, 5.41) is 6.03. The maximum absolute atomic E-state index is 13.2. The molecule has 2 aromatic carbocycles. The van der Waals surface area contributed by atoms with Crippen molar-refractivity contribution in [3.63, 3.8) is 0 Å². The highest BCUT2D eigenvalue weighted by Crippen LogP contribution is 2.28. The Hall–Kier alpha value is -2.13. The molecule has 0 fully saturated rings. The number of nitrogens with one attached hydrogen (secondary N) is 2. The Kier molecular flexibility index (Phi) is 7.02. The van der Waals surface area contributed by atoms with Gasteiger partial charge in [0.2, 0.25) is 21.8 Å².